The largest absolute Gasteiger partial charge is 0.299 e. The minimum Gasteiger partial charge on any atom is -0.299 e. The first kappa shape index (κ1) is 24.0. The predicted octanol–water partition coefficient (Wildman–Crippen LogP) is 4.00. The number of hydrogen-bond acceptors (Lipinski definition) is 5. The summed E-state index contributed by atoms with van der Waals surface area (Å²) in [6.07, 6.45) is 7.10. The molecule has 0 aliphatic carbocycles. The van der Waals surface area contributed by atoms with Crippen LogP contribution in [0.3, 0.4) is 0 Å². The first-order chi connectivity index (χ1) is 17.0. The zero-order valence-corrected chi connectivity index (χ0v) is 20.3. The number of rotatable bonds is 5. The van der Waals surface area contributed by atoms with Gasteiger partial charge in [-0.1, -0.05) is 37.3 Å². The lowest BCUT2D eigenvalue weighted by Crippen LogP contribution is -2.22. The molecule has 0 spiro atoms. The van der Waals surface area contributed by atoms with Gasteiger partial charge in [0.05, 0.1) is 21.8 Å². The lowest BCUT2D eigenvalue weighted by molar-refractivity contribution is 0.692. The lowest BCUT2D eigenvalue weighted by atomic mass is 10.1. The van der Waals surface area contributed by atoms with Gasteiger partial charge in [-0.05, 0) is 48.7 Å². The molecule has 0 fully saturated rings. The summed E-state index contributed by atoms with van der Waals surface area (Å²) in [6.45, 7) is 2.00. The molecule has 7 heteroatoms. The summed E-state index contributed by atoms with van der Waals surface area (Å²) in [5.74, 6) is 1.66. The fourth-order valence-electron chi connectivity index (χ4n) is 4.06. The Morgan fingerprint density at radius 1 is 0.714 bits per heavy atom. The average Bonchev–Trinajstić information content (AvgIpc) is 2.90. The van der Waals surface area contributed by atoms with Gasteiger partial charge in [0.15, 0.2) is 0 Å². The van der Waals surface area contributed by atoms with Crippen molar-refractivity contribution in [3.63, 3.8) is 0 Å². The van der Waals surface area contributed by atoms with Crippen LogP contribution in [0.25, 0.3) is 21.8 Å². The van der Waals surface area contributed by atoms with Gasteiger partial charge in [0.25, 0.3) is 11.1 Å². The van der Waals surface area contributed by atoms with E-state index in [2.05, 4.69) is 21.0 Å². The SMILES string of the molecule is CCc1nc2ccccc2c(=O)n1C.Cn1c(CCCc2cccnc2)nc2ccccc2c1=O. The van der Waals surface area contributed by atoms with Crippen molar-refractivity contribution in [2.24, 2.45) is 14.1 Å². The highest BCUT2D eigenvalue weighted by Gasteiger charge is 2.08. The molecule has 0 aliphatic rings. The number of nitrogens with zero attached hydrogens (tertiary/aromatic N) is 5. The number of benzene rings is 2. The van der Waals surface area contributed by atoms with E-state index in [1.54, 1.807) is 29.4 Å². The van der Waals surface area contributed by atoms with Crippen LogP contribution < -0.4 is 11.1 Å². The second-order valence-corrected chi connectivity index (χ2v) is 8.39. The van der Waals surface area contributed by atoms with Crippen LogP contribution in [-0.4, -0.2) is 24.1 Å². The molecular formula is C28H29N5O2. The summed E-state index contributed by atoms with van der Waals surface area (Å²) >= 11 is 0. The third-order valence-corrected chi connectivity index (χ3v) is 6.06. The van der Waals surface area contributed by atoms with Gasteiger partial charge in [-0.2, -0.15) is 0 Å². The molecular weight excluding hydrogens is 438 g/mol. The molecule has 0 saturated heterocycles. The summed E-state index contributed by atoms with van der Waals surface area (Å²) in [4.78, 5) is 37.3. The number of pyridine rings is 1. The van der Waals surface area contributed by atoms with E-state index in [1.165, 1.54) is 5.56 Å². The van der Waals surface area contributed by atoms with E-state index in [0.717, 1.165) is 48.4 Å². The van der Waals surface area contributed by atoms with Crippen LogP contribution in [0.15, 0.2) is 82.6 Å². The molecule has 0 bridgehead atoms. The zero-order chi connectivity index (χ0) is 24.8. The fraction of sp³-hybridized carbons (Fsp3) is 0.250. The third-order valence-electron chi connectivity index (χ3n) is 6.06. The molecule has 0 N–H and O–H groups in total. The van der Waals surface area contributed by atoms with Gasteiger partial charge < -0.3 is 0 Å². The molecule has 0 aliphatic heterocycles. The number of para-hydroxylation sites is 2. The van der Waals surface area contributed by atoms with Crippen molar-refractivity contribution < 1.29 is 0 Å². The summed E-state index contributed by atoms with van der Waals surface area (Å²) in [5, 5.41) is 1.36. The normalized spacial score (nSPS) is 10.8. The highest BCUT2D eigenvalue weighted by atomic mass is 16.1. The number of aromatic nitrogens is 5. The Labute approximate surface area is 203 Å². The Morgan fingerprint density at radius 2 is 1.29 bits per heavy atom. The lowest BCUT2D eigenvalue weighted by Gasteiger charge is -2.09. The quantitative estimate of drug-likeness (QED) is 0.390. The van der Waals surface area contributed by atoms with Crippen molar-refractivity contribution in [3.8, 4) is 0 Å². The van der Waals surface area contributed by atoms with Crippen LogP contribution in [-0.2, 0) is 33.4 Å². The highest BCUT2D eigenvalue weighted by molar-refractivity contribution is 5.78. The average molecular weight is 468 g/mol. The van der Waals surface area contributed by atoms with E-state index in [4.69, 9.17) is 0 Å². The Bertz CT molecular complexity index is 1570. The van der Waals surface area contributed by atoms with Gasteiger partial charge in [-0.3, -0.25) is 23.7 Å². The van der Waals surface area contributed by atoms with E-state index in [1.807, 2.05) is 67.7 Å². The summed E-state index contributed by atoms with van der Waals surface area (Å²) in [5.41, 5.74) is 2.83. The molecule has 5 aromatic rings. The summed E-state index contributed by atoms with van der Waals surface area (Å²) < 4.78 is 3.27. The molecule has 0 amide bonds. The molecule has 3 heterocycles. The molecule has 178 valence electrons. The van der Waals surface area contributed by atoms with Crippen LogP contribution in [0.1, 0.15) is 30.6 Å². The number of aryl methyl sites for hydroxylation is 3. The van der Waals surface area contributed by atoms with Crippen molar-refractivity contribution in [1.82, 2.24) is 24.1 Å². The minimum atomic E-state index is 0.0250. The van der Waals surface area contributed by atoms with E-state index in [9.17, 15) is 9.59 Å². The van der Waals surface area contributed by atoms with Crippen molar-refractivity contribution >= 4 is 21.8 Å². The Balaban J connectivity index is 0.000000179. The molecule has 5 rings (SSSR count). The summed E-state index contributed by atoms with van der Waals surface area (Å²) in [7, 11) is 3.56. The minimum absolute atomic E-state index is 0.0250. The van der Waals surface area contributed by atoms with Crippen LogP contribution in [0.5, 0.6) is 0 Å². The zero-order valence-electron chi connectivity index (χ0n) is 20.3. The molecule has 3 aromatic heterocycles. The van der Waals surface area contributed by atoms with Crippen molar-refractivity contribution in [2.75, 3.05) is 0 Å². The monoisotopic (exact) mass is 467 g/mol. The molecule has 0 saturated carbocycles. The van der Waals surface area contributed by atoms with Crippen molar-refractivity contribution in [3.05, 3.63) is 111 Å². The van der Waals surface area contributed by atoms with Crippen LogP contribution in [0.4, 0.5) is 0 Å². The van der Waals surface area contributed by atoms with Gasteiger partial charge in [-0.15, -0.1) is 0 Å². The number of fused-ring (bicyclic) bond motifs is 2. The molecule has 0 radical (unpaired) electrons. The Kier molecular flexibility index (Phi) is 7.45. The molecule has 2 aromatic carbocycles. The Hall–Kier alpha value is -4.13. The van der Waals surface area contributed by atoms with Crippen molar-refractivity contribution in [2.45, 2.75) is 32.6 Å². The van der Waals surface area contributed by atoms with Crippen LogP contribution in [0.2, 0.25) is 0 Å². The molecule has 0 atom stereocenters. The van der Waals surface area contributed by atoms with Crippen molar-refractivity contribution in [1.29, 1.82) is 0 Å². The first-order valence-corrected chi connectivity index (χ1v) is 11.8. The second kappa shape index (κ2) is 10.9. The topological polar surface area (TPSA) is 82.7 Å². The van der Waals surface area contributed by atoms with E-state index in [0.29, 0.717) is 10.8 Å². The van der Waals surface area contributed by atoms with Gasteiger partial charge in [0.1, 0.15) is 11.6 Å². The van der Waals surface area contributed by atoms with E-state index >= 15 is 0 Å². The maximum atomic E-state index is 12.3. The maximum Gasteiger partial charge on any atom is 0.261 e. The number of hydrogen-bond donors (Lipinski definition) is 0. The second-order valence-electron chi connectivity index (χ2n) is 8.39. The maximum absolute atomic E-state index is 12.3. The van der Waals surface area contributed by atoms with Crippen LogP contribution >= 0.6 is 0 Å². The van der Waals surface area contributed by atoms with Gasteiger partial charge in [0, 0.05) is 39.3 Å². The molecule has 0 unspecified atom stereocenters. The van der Waals surface area contributed by atoms with Gasteiger partial charge in [-0.25, -0.2) is 9.97 Å². The summed E-state index contributed by atoms with van der Waals surface area (Å²) in [6, 6.07) is 18.9. The third kappa shape index (κ3) is 5.35. The standard InChI is InChI=1S/C17H17N3O.C11H12N2O/c1-20-16(10-4-6-13-7-5-11-18-12-13)19-15-9-3-2-8-14(15)17(20)21;1-3-10-12-9-7-5-4-6-8(9)11(14)13(10)2/h2-3,5,7-9,11-12H,4,6,10H2,1H3;4-7H,3H2,1-2H3. The molecule has 7 nitrogen and oxygen atoms in total. The van der Waals surface area contributed by atoms with E-state index < -0.39 is 0 Å². The van der Waals surface area contributed by atoms with Crippen LogP contribution in [0, 0.1) is 0 Å². The first-order valence-electron chi connectivity index (χ1n) is 11.8. The molecule has 35 heavy (non-hydrogen) atoms. The Morgan fingerprint density at radius 3 is 1.86 bits per heavy atom. The van der Waals surface area contributed by atoms with Gasteiger partial charge >= 0.3 is 0 Å². The predicted molar refractivity (Wildman–Crippen MR) is 140 cm³/mol. The fourth-order valence-corrected chi connectivity index (χ4v) is 4.06. The highest BCUT2D eigenvalue weighted by Crippen LogP contribution is 2.10. The van der Waals surface area contributed by atoms with Gasteiger partial charge in [0.2, 0.25) is 0 Å². The van der Waals surface area contributed by atoms with E-state index in [-0.39, 0.29) is 11.1 Å². The smallest absolute Gasteiger partial charge is 0.261 e.